The molecule has 12 heteroatoms. The first-order chi connectivity index (χ1) is 15.3. The molecule has 0 saturated carbocycles. The van der Waals surface area contributed by atoms with E-state index < -0.39 is 25.8 Å². The van der Waals surface area contributed by atoms with Crippen LogP contribution in [0.3, 0.4) is 0 Å². The second-order valence-electron chi connectivity index (χ2n) is 7.30. The minimum atomic E-state index is -4.10. The molecule has 0 bridgehead atoms. The Kier molecular flexibility index (Phi) is 7.04. The Hall–Kier alpha value is -2.66. The second kappa shape index (κ2) is 9.30. The van der Waals surface area contributed by atoms with Crippen molar-refractivity contribution in [3.8, 4) is 0 Å². The summed E-state index contributed by atoms with van der Waals surface area (Å²) in [6, 6.07) is 9.89. The van der Waals surface area contributed by atoms with E-state index in [1.54, 1.807) is 19.9 Å². The van der Waals surface area contributed by atoms with Crippen molar-refractivity contribution in [3.63, 3.8) is 0 Å². The number of carbonyl (C=O) groups is 1. The van der Waals surface area contributed by atoms with Gasteiger partial charge in [0.25, 0.3) is 10.0 Å². The lowest BCUT2D eigenvalue weighted by molar-refractivity contribution is 0.103. The average molecular weight is 528 g/mol. The Labute approximate surface area is 202 Å². The van der Waals surface area contributed by atoms with Crippen LogP contribution in [0.2, 0.25) is 10.0 Å². The predicted molar refractivity (Wildman–Crippen MR) is 129 cm³/mol. The van der Waals surface area contributed by atoms with E-state index in [1.165, 1.54) is 42.6 Å². The van der Waals surface area contributed by atoms with Crippen molar-refractivity contribution in [3.05, 3.63) is 81.1 Å². The summed E-state index contributed by atoms with van der Waals surface area (Å²) >= 11 is 12.0. The van der Waals surface area contributed by atoms with E-state index in [4.69, 9.17) is 23.2 Å². The molecule has 0 spiro atoms. The van der Waals surface area contributed by atoms with Gasteiger partial charge in [-0.1, -0.05) is 29.3 Å². The van der Waals surface area contributed by atoms with Gasteiger partial charge in [0.15, 0.2) is 0 Å². The summed E-state index contributed by atoms with van der Waals surface area (Å²) in [5.41, 5.74) is 1.10. The molecule has 2 N–H and O–H groups in total. The number of ketones is 1. The molecule has 0 aliphatic carbocycles. The fourth-order valence-electron chi connectivity index (χ4n) is 2.96. The molecule has 0 aliphatic heterocycles. The monoisotopic (exact) mass is 527 g/mol. The maximum Gasteiger partial charge on any atom is 0.261 e. The van der Waals surface area contributed by atoms with Crippen LogP contribution in [-0.4, -0.2) is 33.9 Å². The highest BCUT2D eigenvalue weighted by Crippen LogP contribution is 2.27. The molecule has 0 saturated heterocycles. The summed E-state index contributed by atoms with van der Waals surface area (Å²) in [5.74, 6) is -0.619. The highest BCUT2D eigenvalue weighted by atomic mass is 35.5. The number of hydrogen-bond donors (Lipinski definition) is 2. The molecule has 0 amide bonds. The predicted octanol–water partition coefficient (Wildman–Crippen LogP) is 4.41. The Bertz CT molecular complexity index is 1470. The molecule has 3 rings (SSSR count). The van der Waals surface area contributed by atoms with Gasteiger partial charge in [0, 0.05) is 22.5 Å². The molecule has 0 aliphatic rings. The molecule has 0 radical (unpaired) electrons. The van der Waals surface area contributed by atoms with Gasteiger partial charge in [-0.05, 0) is 61.4 Å². The van der Waals surface area contributed by atoms with E-state index >= 15 is 0 Å². The van der Waals surface area contributed by atoms with Crippen molar-refractivity contribution in [2.45, 2.75) is 18.7 Å². The topological polar surface area (TPSA) is 122 Å². The molecule has 0 fully saturated rings. The zero-order chi connectivity index (χ0) is 24.6. The van der Waals surface area contributed by atoms with Crippen LogP contribution in [0.4, 0.5) is 11.4 Å². The number of carbonyl (C=O) groups excluding carboxylic acids is 1. The molecule has 8 nitrogen and oxygen atoms in total. The number of sulfonamides is 2. The lowest BCUT2D eigenvalue weighted by atomic mass is 10.0. The Morgan fingerprint density at radius 2 is 1.61 bits per heavy atom. The standard InChI is InChI=1S/C21H19Cl2N3O5S2/c1-12-4-5-15(25-32(3,28)29)10-17(12)21(27)20-19(9-14(22)11-24-20)26-33(30,31)16-6-7-18(23)13(2)8-16/h4-11,25-26H,1-3H3. The summed E-state index contributed by atoms with van der Waals surface area (Å²) in [6.07, 6.45) is 2.20. The summed E-state index contributed by atoms with van der Waals surface area (Å²) in [6.45, 7) is 3.32. The highest BCUT2D eigenvalue weighted by Gasteiger charge is 2.23. The molecule has 2 aromatic carbocycles. The first kappa shape index (κ1) is 25.0. The zero-order valence-electron chi connectivity index (χ0n) is 17.7. The van der Waals surface area contributed by atoms with Crippen molar-refractivity contribution in [2.24, 2.45) is 0 Å². The van der Waals surface area contributed by atoms with Crippen LogP contribution in [0.15, 0.2) is 53.6 Å². The van der Waals surface area contributed by atoms with Crippen molar-refractivity contribution in [1.29, 1.82) is 0 Å². The lowest BCUT2D eigenvalue weighted by Gasteiger charge is -2.14. The fraction of sp³-hybridized carbons (Fsp3) is 0.143. The SMILES string of the molecule is Cc1cc(S(=O)(=O)Nc2cc(Cl)cnc2C(=O)c2cc(NS(C)(=O)=O)ccc2C)ccc1Cl. The summed E-state index contributed by atoms with van der Waals surface area (Å²) in [7, 11) is -7.67. The minimum absolute atomic E-state index is 0.0571. The number of benzene rings is 2. The van der Waals surface area contributed by atoms with Gasteiger partial charge in [0.1, 0.15) is 5.69 Å². The van der Waals surface area contributed by atoms with Gasteiger partial charge >= 0.3 is 0 Å². The number of aromatic nitrogens is 1. The number of aryl methyl sites for hydroxylation is 2. The van der Waals surface area contributed by atoms with E-state index in [0.29, 0.717) is 16.1 Å². The number of nitrogens with one attached hydrogen (secondary N) is 2. The molecule has 0 unspecified atom stereocenters. The van der Waals surface area contributed by atoms with Gasteiger partial charge < -0.3 is 0 Å². The Balaban J connectivity index is 2.05. The van der Waals surface area contributed by atoms with E-state index in [-0.39, 0.29) is 32.6 Å². The van der Waals surface area contributed by atoms with Crippen LogP contribution in [0, 0.1) is 13.8 Å². The third kappa shape index (κ3) is 6.02. The van der Waals surface area contributed by atoms with Gasteiger partial charge in [-0.2, -0.15) is 0 Å². The number of pyridine rings is 1. The Morgan fingerprint density at radius 3 is 2.24 bits per heavy atom. The van der Waals surface area contributed by atoms with Crippen LogP contribution >= 0.6 is 23.2 Å². The van der Waals surface area contributed by atoms with E-state index in [9.17, 15) is 21.6 Å². The molecule has 1 aromatic heterocycles. The summed E-state index contributed by atoms with van der Waals surface area (Å²) in [5, 5.41) is 0.521. The van der Waals surface area contributed by atoms with E-state index in [2.05, 4.69) is 14.4 Å². The van der Waals surface area contributed by atoms with Crippen molar-refractivity contribution < 1.29 is 21.6 Å². The lowest BCUT2D eigenvalue weighted by Crippen LogP contribution is -2.18. The van der Waals surface area contributed by atoms with Gasteiger partial charge in [0.2, 0.25) is 15.8 Å². The van der Waals surface area contributed by atoms with Gasteiger partial charge in [0.05, 0.1) is 21.9 Å². The third-order valence-electron chi connectivity index (χ3n) is 4.54. The molecule has 33 heavy (non-hydrogen) atoms. The number of hydrogen-bond acceptors (Lipinski definition) is 6. The average Bonchev–Trinajstić information content (AvgIpc) is 2.69. The van der Waals surface area contributed by atoms with Gasteiger partial charge in [-0.25, -0.2) is 21.8 Å². The van der Waals surface area contributed by atoms with Crippen molar-refractivity contribution in [2.75, 3.05) is 15.7 Å². The van der Waals surface area contributed by atoms with E-state index in [0.717, 1.165) is 6.26 Å². The third-order valence-corrected chi connectivity index (χ3v) is 7.14. The van der Waals surface area contributed by atoms with Crippen LogP contribution in [0.1, 0.15) is 27.2 Å². The highest BCUT2D eigenvalue weighted by molar-refractivity contribution is 7.92. The smallest absolute Gasteiger partial charge is 0.261 e. The van der Waals surface area contributed by atoms with Crippen LogP contribution in [0.5, 0.6) is 0 Å². The quantitative estimate of drug-likeness (QED) is 0.438. The van der Waals surface area contributed by atoms with Gasteiger partial charge in [-0.15, -0.1) is 0 Å². The number of halogens is 2. The number of nitrogens with zero attached hydrogens (tertiary/aromatic N) is 1. The molecular weight excluding hydrogens is 509 g/mol. The Morgan fingerprint density at radius 1 is 0.909 bits per heavy atom. The van der Waals surface area contributed by atoms with Crippen LogP contribution < -0.4 is 9.44 Å². The fourth-order valence-corrected chi connectivity index (χ4v) is 4.93. The maximum absolute atomic E-state index is 13.3. The van der Waals surface area contributed by atoms with Crippen LogP contribution in [0.25, 0.3) is 0 Å². The molecule has 1 heterocycles. The van der Waals surface area contributed by atoms with E-state index in [1.807, 2.05) is 0 Å². The maximum atomic E-state index is 13.3. The molecule has 0 atom stereocenters. The first-order valence-electron chi connectivity index (χ1n) is 9.34. The number of rotatable bonds is 7. The van der Waals surface area contributed by atoms with Gasteiger partial charge in [-0.3, -0.25) is 14.2 Å². The molecule has 174 valence electrons. The number of anilines is 2. The molecule has 3 aromatic rings. The van der Waals surface area contributed by atoms with Crippen LogP contribution in [-0.2, 0) is 20.0 Å². The summed E-state index contributed by atoms with van der Waals surface area (Å²) in [4.78, 5) is 17.3. The first-order valence-corrected chi connectivity index (χ1v) is 13.5. The summed E-state index contributed by atoms with van der Waals surface area (Å²) < 4.78 is 53.7. The van der Waals surface area contributed by atoms with Crippen molar-refractivity contribution >= 4 is 60.4 Å². The molecular formula is C21H19Cl2N3O5S2. The zero-order valence-corrected chi connectivity index (χ0v) is 20.8. The van der Waals surface area contributed by atoms with Crippen molar-refractivity contribution in [1.82, 2.24) is 4.98 Å². The minimum Gasteiger partial charge on any atom is -0.287 e. The largest absolute Gasteiger partial charge is 0.287 e. The normalized spacial score (nSPS) is 11.8. The second-order valence-corrected chi connectivity index (χ2v) is 11.6.